The van der Waals surface area contributed by atoms with Crippen molar-refractivity contribution in [3.63, 3.8) is 0 Å². The molecule has 1 aliphatic heterocycles. The van der Waals surface area contributed by atoms with Gasteiger partial charge in [-0.2, -0.15) is 18.2 Å². The number of halogens is 4. The van der Waals surface area contributed by atoms with Crippen LogP contribution in [-0.2, 0) is 11.3 Å². The predicted molar refractivity (Wildman–Crippen MR) is 91.4 cm³/mol. The molecule has 10 heteroatoms. The first-order valence-corrected chi connectivity index (χ1v) is 9.25. The molecule has 1 aromatic heterocycles. The highest BCUT2D eigenvalue weighted by Gasteiger charge is 2.42. The Morgan fingerprint density at radius 3 is 2.46 bits per heavy atom. The molecule has 1 amide bonds. The number of carbonyl (C=O) groups is 1. The molecule has 2 fully saturated rings. The van der Waals surface area contributed by atoms with Crippen molar-refractivity contribution in [2.75, 3.05) is 13.7 Å². The molecule has 2 heterocycles. The molecule has 1 saturated heterocycles. The highest BCUT2D eigenvalue weighted by atomic mass is 19.4. The lowest BCUT2D eigenvalue weighted by Gasteiger charge is -2.30. The molecule has 1 saturated carbocycles. The minimum atomic E-state index is -4.21. The number of hydrogen-bond acceptors (Lipinski definition) is 5. The van der Waals surface area contributed by atoms with E-state index in [-0.39, 0.29) is 55.9 Å². The summed E-state index contributed by atoms with van der Waals surface area (Å²) in [7, 11) is 1.36. The molecular weight excluding hydrogens is 382 g/mol. The Hall–Kier alpha value is -2.10. The third kappa shape index (κ3) is 4.84. The van der Waals surface area contributed by atoms with Gasteiger partial charge in [-0.1, -0.05) is 0 Å². The molecule has 2 aliphatic rings. The van der Waals surface area contributed by atoms with Gasteiger partial charge in [-0.3, -0.25) is 4.79 Å². The summed E-state index contributed by atoms with van der Waals surface area (Å²) >= 11 is 0. The van der Waals surface area contributed by atoms with E-state index in [0.717, 1.165) is 19.0 Å². The van der Waals surface area contributed by atoms with E-state index in [1.54, 1.807) is 0 Å². The number of nitrogens with one attached hydrogen (secondary N) is 2. The molecule has 0 spiro atoms. The summed E-state index contributed by atoms with van der Waals surface area (Å²) in [5.74, 6) is -2.47. The van der Waals surface area contributed by atoms with Gasteiger partial charge in [-0.25, -0.2) is 4.39 Å². The van der Waals surface area contributed by atoms with Gasteiger partial charge in [0.05, 0.1) is 19.1 Å². The number of nitrogens with zero attached hydrogens (tertiary/aromatic N) is 1. The number of alkyl halides is 3. The first-order chi connectivity index (χ1) is 13.3. The zero-order valence-electron chi connectivity index (χ0n) is 15.4. The van der Waals surface area contributed by atoms with Gasteiger partial charge in [0.15, 0.2) is 5.82 Å². The van der Waals surface area contributed by atoms with Crippen LogP contribution in [0.15, 0.2) is 6.07 Å². The standard InChI is InChI=1S/C18H23F4N3O3/c1-27-16-10(9-24-15(26)14-6-7-23-14)8-13(19)17(25-16)28-12-4-2-11(3-5-12)18(20,21)22/h8,11-12,14,23H,2-7,9H2,1H3,(H,24,26)/t11?,12?,14-/m0/s1. The molecule has 1 aliphatic carbocycles. The van der Waals surface area contributed by atoms with Crippen LogP contribution in [0, 0.1) is 11.7 Å². The van der Waals surface area contributed by atoms with Crippen molar-refractivity contribution in [2.24, 2.45) is 5.92 Å². The van der Waals surface area contributed by atoms with Gasteiger partial charge >= 0.3 is 6.18 Å². The molecule has 0 unspecified atom stereocenters. The predicted octanol–water partition coefficient (Wildman–Crippen LogP) is 2.71. The molecule has 1 atom stereocenters. The van der Waals surface area contributed by atoms with Crippen molar-refractivity contribution in [3.05, 3.63) is 17.4 Å². The maximum Gasteiger partial charge on any atom is 0.391 e. The second-order valence-electron chi connectivity index (χ2n) is 7.09. The summed E-state index contributed by atoms with van der Waals surface area (Å²) in [5, 5.41) is 5.65. The Morgan fingerprint density at radius 2 is 1.93 bits per heavy atom. The number of carbonyl (C=O) groups excluding carboxylic acids is 1. The van der Waals surface area contributed by atoms with Gasteiger partial charge < -0.3 is 20.1 Å². The Balaban J connectivity index is 1.60. The van der Waals surface area contributed by atoms with Crippen molar-refractivity contribution < 1.29 is 31.8 Å². The summed E-state index contributed by atoms with van der Waals surface area (Å²) in [6.07, 6.45) is -3.73. The second-order valence-corrected chi connectivity index (χ2v) is 7.09. The normalized spacial score (nSPS) is 25.0. The fraction of sp³-hybridized carbons (Fsp3) is 0.667. The number of methoxy groups -OCH3 is 1. The van der Waals surface area contributed by atoms with Crippen LogP contribution < -0.4 is 20.1 Å². The van der Waals surface area contributed by atoms with Crippen LogP contribution >= 0.6 is 0 Å². The van der Waals surface area contributed by atoms with Gasteiger partial charge in [-0.15, -0.1) is 0 Å². The van der Waals surface area contributed by atoms with E-state index < -0.39 is 24.0 Å². The maximum absolute atomic E-state index is 14.4. The lowest BCUT2D eigenvalue weighted by Crippen LogP contribution is -2.52. The smallest absolute Gasteiger partial charge is 0.391 e. The first kappa shape index (κ1) is 20.6. The molecule has 2 N–H and O–H groups in total. The highest BCUT2D eigenvalue weighted by Crippen LogP contribution is 2.38. The van der Waals surface area contributed by atoms with Crippen molar-refractivity contribution in [2.45, 2.75) is 57.0 Å². The van der Waals surface area contributed by atoms with E-state index in [1.807, 2.05) is 0 Å². The quantitative estimate of drug-likeness (QED) is 0.712. The number of amides is 1. The highest BCUT2D eigenvalue weighted by molar-refractivity contribution is 5.82. The summed E-state index contributed by atoms with van der Waals surface area (Å²) in [5.41, 5.74) is 0.348. The zero-order valence-corrected chi connectivity index (χ0v) is 15.4. The van der Waals surface area contributed by atoms with E-state index in [2.05, 4.69) is 15.6 Å². The third-order valence-corrected chi connectivity index (χ3v) is 5.19. The second kappa shape index (κ2) is 8.50. The summed E-state index contributed by atoms with van der Waals surface area (Å²) in [6, 6.07) is 0.926. The molecule has 156 valence electrons. The summed E-state index contributed by atoms with van der Waals surface area (Å²) < 4.78 is 63.3. The van der Waals surface area contributed by atoms with Crippen LogP contribution in [0.4, 0.5) is 17.6 Å². The lowest BCUT2D eigenvalue weighted by molar-refractivity contribution is -0.185. The van der Waals surface area contributed by atoms with E-state index in [0.29, 0.717) is 5.56 Å². The van der Waals surface area contributed by atoms with Gasteiger partial charge in [0.2, 0.25) is 11.8 Å². The zero-order chi connectivity index (χ0) is 20.3. The Morgan fingerprint density at radius 1 is 1.25 bits per heavy atom. The summed E-state index contributed by atoms with van der Waals surface area (Å²) in [4.78, 5) is 15.9. The first-order valence-electron chi connectivity index (χ1n) is 9.25. The van der Waals surface area contributed by atoms with Crippen LogP contribution in [0.2, 0.25) is 0 Å². The minimum Gasteiger partial charge on any atom is -0.481 e. The Labute approximate surface area is 160 Å². The van der Waals surface area contributed by atoms with Crippen LogP contribution in [0.1, 0.15) is 37.7 Å². The van der Waals surface area contributed by atoms with Gasteiger partial charge in [-0.05, 0) is 44.7 Å². The average molecular weight is 405 g/mol. The van der Waals surface area contributed by atoms with E-state index in [4.69, 9.17) is 9.47 Å². The van der Waals surface area contributed by atoms with Crippen LogP contribution in [0.3, 0.4) is 0 Å². The molecule has 0 bridgehead atoms. The van der Waals surface area contributed by atoms with Gasteiger partial charge in [0.25, 0.3) is 5.88 Å². The number of aromatic nitrogens is 1. The van der Waals surface area contributed by atoms with Gasteiger partial charge in [0, 0.05) is 12.1 Å². The van der Waals surface area contributed by atoms with E-state index in [9.17, 15) is 22.4 Å². The molecule has 1 aromatic rings. The number of pyridine rings is 1. The largest absolute Gasteiger partial charge is 0.481 e. The van der Waals surface area contributed by atoms with Crippen LogP contribution in [0.5, 0.6) is 11.8 Å². The fourth-order valence-corrected chi connectivity index (χ4v) is 3.36. The SMILES string of the molecule is COc1nc(OC2CCC(C(F)(F)F)CC2)c(F)cc1CNC(=O)[C@@H]1CCN1. The monoisotopic (exact) mass is 405 g/mol. The molecule has 28 heavy (non-hydrogen) atoms. The lowest BCUT2D eigenvalue weighted by atomic mass is 9.87. The van der Waals surface area contributed by atoms with Crippen molar-refractivity contribution in [3.8, 4) is 11.8 Å². The fourth-order valence-electron chi connectivity index (χ4n) is 3.36. The molecular formula is C18H23F4N3O3. The van der Waals surface area contributed by atoms with Crippen molar-refractivity contribution in [1.82, 2.24) is 15.6 Å². The van der Waals surface area contributed by atoms with Crippen LogP contribution in [-0.4, -0.2) is 42.9 Å². The van der Waals surface area contributed by atoms with Crippen molar-refractivity contribution >= 4 is 5.91 Å². The number of rotatable bonds is 6. The molecule has 0 aromatic carbocycles. The Bertz CT molecular complexity index is 702. The molecule has 3 rings (SSSR count). The number of hydrogen-bond donors (Lipinski definition) is 2. The van der Waals surface area contributed by atoms with Crippen LogP contribution in [0.25, 0.3) is 0 Å². The molecule has 0 radical (unpaired) electrons. The average Bonchev–Trinajstić information content (AvgIpc) is 2.60. The number of ether oxygens (including phenoxy) is 2. The minimum absolute atomic E-state index is 0.0427. The third-order valence-electron chi connectivity index (χ3n) is 5.19. The van der Waals surface area contributed by atoms with Gasteiger partial charge in [0.1, 0.15) is 6.10 Å². The van der Waals surface area contributed by atoms with E-state index >= 15 is 0 Å². The Kier molecular flexibility index (Phi) is 6.26. The maximum atomic E-state index is 14.4. The summed E-state index contributed by atoms with van der Waals surface area (Å²) in [6.45, 7) is 0.829. The van der Waals surface area contributed by atoms with Crippen molar-refractivity contribution in [1.29, 1.82) is 0 Å². The molecule has 6 nitrogen and oxygen atoms in total. The van der Waals surface area contributed by atoms with E-state index in [1.165, 1.54) is 7.11 Å². The topological polar surface area (TPSA) is 72.5 Å².